The van der Waals surface area contributed by atoms with Crippen LogP contribution in [0.3, 0.4) is 0 Å². The van der Waals surface area contributed by atoms with Gasteiger partial charge in [0, 0.05) is 23.1 Å². The molecular weight excluding hydrogens is 258 g/mol. The fourth-order valence-corrected chi connectivity index (χ4v) is 3.11. The van der Waals surface area contributed by atoms with Crippen LogP contribution in [0, 0.1) is 19.8 Å². The maximum Gasteiger partial charge on any atom is 0.232 e. The van der Waals surface area contributed by atoms with E-state index in [1.165, 1.54) is 12.8 Å². The Hall–Kier alpha value is -1.16. The zero-order valence-corrected chi connectivity index (χ0v) is 12.4. The summed E-state index contributed by atoms with van der Waals surface area (Å²) in [4.78, 5) is 11.6. The SMILES string of the molecule is Cc1ccc(C)c(CS(=O)CC(=O)NCC2CC2)c1. The molecule has 19 heavy (non-hydrogen) atoms. The summed E-state index contributed by atoms with van der Waals surface area (Å²) in [5.41, 5.74) is 3.38. The van der Waals surface area contributed by atoms with Crippen molar-refractivity contribution in [2.24, 2.45) is 5.92 Å². The Balaban J connectivity index is 1.82. The van der Waals surface area contributed by atoms with Crippen LogP contribution in [-0.2, 0) is 21.3 Å². The molecule has 0 heterocycles. The standard InChI is InChI=1S/C15H21NO2S/c1-11-3-4-12(2)14(7-11)9-19(18)10-15(17)16-8-13-5-6-13/h3-4,7,13H,5-6,8-10H2,1-2H3,(H,16,17). The summed E-state index contributed by atoms with van der Waals surface area (Å²) in [6.45, 7) is 4.78. The minimum Gasteiger partial charge on any atom is -0.355 e. The molecule has 0 aliphatic heterocycles. The van der Waals surface area contributed by atoms with Gasteiger partial charge in [0.2, 0.25) is 5.91 Å². The monoisotopic (exact) mass is 279 g/mol. The summed E-state index contributed by atoms with van der Waals surface area (Å²) in [7, 11) is -1.13. The molecule has 0 aromatic heterocycles. The van der Waals surface area contributed by atoms with Crippen LogP contribution in [0.5, 0.6) is 0 Å². The van der Waals surface area contributed by atoms with Crippen LogP contribution in [-0.4, -0.2) is 22.4 Å². The number of hydrogen-bond donors (Lipinski definition) is 1. The Morgan fingerprint density at radius 1 is 1.37 bits per heavy atom. The van der Waals surface area contributed by atoms with Crippen LogP contribution in [0.4, 0.5) is 0 Å². The second kappa shape index (κ2) is 6.33. The summed E-state index contributed by atoms with van der Waals surface area (Å²) in [5, 5.41) is 2.86. The lowest BCUT2D eigenvalue weighted by molar-refractivity contribution is -0.118. The summed E-state index contributed by atoms with van der Waals surface area (Å²) in [5.74, 6) is 1.15. The molecule has 0 radical (unpaired) electrons. The molecule has 1 unspecified atom stereocenters. The minimum absolute atomic E-state index is 0.0875. The molecule has 4 heteroatoms. The van der Waals surface area contributed by atoms with Gasteiger partial charge in [0.25, 0.3) is 0 Å². The molecule has 0 bridgehead atoms. The van der Waals surface area contributed by atoms with Gasteiger partial charge in [-0.15, -0.1) is 0 Å². The van der Waals surface area contributed by atoms with Crippen molar-refractivity contribution < 1.29 is 9.00 Å². The molecule has 1 amide bonds. The predicted octanol–water partition coefficient (Wildman–Crippen LogP) is 2.08. The van der Waals surface area contributed by atoms with Gasteiger partial charge in [-0.2, -0.15) is 0 Å². The summed E-state index contributed by atoms with van der Waals surface area (Å²) in [6, 6.07) is 6.13. The number of carbonyl (C=O) groups is 1. The maximum absolute atomic E-state index is 12.0. The molecule has 1 fully saturated rings. The molecule has 1 atom stereocenters. The number of amides is 1. The Bertz CT molecular complexity index is 495. The molecule has 1 aliphatic rings. The third-order valence-corrected chi connectivity index (χ3v) is 4.62. The topological polar surface area (TPSA) is 46.2 Å². The molecule has 3 nitrogen and oxygen atoms in total. The fraction of sp³-hybridized carbons (Fsp3) is 0.533. The molecule has 1 saturated carbocycles. The molecule has 0 saturated heterocycles. The van der Waals surface area contributed by atoms with E-state index in [9.17, 15) is 9.00 Å². The van der Waals surface area contributed by atoms with Crippen molar-refractivity contribution in [1.29, 1.82) is 0 Å². The van der Waals surface area contributed by atoms with Gasteiger partial charge in [0.05, 0.1) is 0 Å². The van der Waals surface area contributed by atoms with Gasteiger partial charge in [-0.25, -0.2) is 0 Å². The average molecular weight is 279 g/mol. The smallest absolute Gasteiger partial charge is 0.232 e. The Kier molecular flexibility index (Phi) is 4.75. The van der Waals surface area contributed by atoms with Gasteiger partial charge in [0.15, 0.2) is 0 Å². The van der Waals surface area contributed by atoms with E-state index in [-0.39, 0.29) is 11.7 Å². The molecule has 1 aromatic rings. The van der Waals surface area contributed by atoms with Crippen LogP contribution in [0.2, 0.25) is 0 Å². The predicted molar refractivity (Wildman–Crippen MR) is 78.4 cm³/mol. The van der Waals surface area contributed by atoms with Crippen LogP contribution < -0.4 is 5.32 Å². The lowest BCUT2D eigenvalue weighted by Gasteiger charge is -2.08. The number of benzene rings is 1. The van der Waals surface area contributed by atoms with Crippen molar-refractivity contribution in [1.82, 2.24) is 5.32 Å². The van der Waals surface area contributed by atoms with Gasteiger partial charge in [-0.05, 0) is 43.7 Å². The summed E-state index contributed by atoms with van der Waals surface area (Å²) in [6.07, 6.45) is 2.43. The number of rotatable bonds is 6. The van der Waals surface area contributed by atoms with E-state index < -0.39 is 10.8 Å². The highest BCUT2D eigenvalue weighted by molar-refractivity contribution is 7.84. The normalized spacial score (nSPS) is 16.1. The third-order valence-electron chi connectivity index (χ3n) is 3.40. The number of carbonyl (C=O) groups excluding carboxylic acids is 1. The first kappa shape index (κ1) is 14.3. The molecule has 1 aliphatic carbocycles. The van der Waals surface area contributed by atoms with E-state index in [0.717, 1.165) is 23.2 Å². The molecule has 2 rings (SSSR count). The average Bonchev–Trinajstić information content (AvgIpc) is 3.15. The van der Waals surface area contributed by atoms with Crippen molar-refractivity contribution in [3.05, 3.63) is 34.9 Å². The number of nitrogens with one attached hydrogen (secondary N) is 1. The second-order valence-electron chi connectivity index (χ2n) is 5.41. The van der Waals surface area contributed by atoms with Crippen molar-refractivity contribution >= 4 is 16.7 Å². The molecule has 104 valence electrons. The van der Waals surface area contributed by atoms with E-state index >= 15 is 0 Å². The lowest BCUT2D eigenvalue weighted by atomic mass is 10.1. The fourth-order valence-electron chi connectivity index (χ4n) is 1.96. The van der Waals surface area contributed by atoms with Crippen molar-refractivity contribution in [2.75, 3.05) is 12.3 Å². The van der Waals surface area contributed by atoms with Crippen molar-refractivity contribution in [3.8, 4) is 0 Å². The summed E-state index contributed by atoms with van der Waals surface area (Å²) < 4.78 is 12.0. The van der Waals surface area contributed by atoms with Crippen LogP contribution in [0.25, 0.3) is 0 Å². The highest BCUT2D eigenvalue weighted by Crippen LogP contribution is 2.27. The first-order chi connectivity index (χ1) is 9.04. The van der Waals surface area contributed by atoms with Gasteiger partial charge in [-0.1, -0.05) is 23.8 Å². The van der Waals surface area contributed by atoms with Crippen molar-refractivity contribution in [2.45, 2.75) is 32.4 Å². The van der Waals surface area contributed by atoms with E-state index in [4.69, 9.17) is 0 Å². The highest BCUT2D eigenvalue weighted by Gasteiger charge is 2.21. The molecular formula is C15H21NO2S. The second-order valence-corrected chi connectivity index (χ2v) is 6.86. The van der Waals surface area contributed by atoms with E-state index in [2.05, 4.69) is 11.4 Å². The number of aryl methyl sites for hydroxylation is 2. The quantitative estimate of drug-likeness (QED) is 0.866. The molecule has 0 spiro atoms. The first-order valence-electron chi connectivity index (χ1n) is 6.72. The largest absolute Gasteiger partial charge is 0.355 e. The highest BCUT2D eigenvalue weighted by atomic mass is 32.2. The zero-order chi connectivity index (χ0) is 13.8. The van der Waals surface area contributed by atoms with Gasteiger partial charge in [-0.3, -0.25) is 9.00 Å². The summed E-state index contributed by atoms with van der Waals surface area (Å²) >= 11 is 0. The maximum atomic E-state index is 12.0. The first-order valence-corrected chi connectivity index (χ1v) is 8.21. The van der Waals surface area contributed by atoms with Gasteiger partial charge in [0.1, 0.15) is 5.75 Å². The lowest BCUT2D eigenvalue weighted by Crippen LogP contribution is -2.30. The Morgan fingerprint density at radius 2 is 2.11 bits per heavy atom. The van der Waals surface area contributed by atoms with E-state index in [1.54, 1.807) is 0 Å². The Morgan fingerprint density at radius 3 is 2.79 bits per heavy atom. The third kappa shape index (κ3) is 4.78. The minimum atomic E-state index is -1.13. The van der Waals surface area contributed by atoms with Gasteiger partial charge >= 0.3 is 0 Å². The van der Waals surface area contributed by atoms with Crippen LogP contribution in [0.15, 0.2) is 18.2 Å². The Labute approximate surface area is 117 Å². The zero-order valence-electron chi connectivity index (χ0n) is 11.6. The van der Waals surface area contributed by atoms with Crippen molar-refractivity contribution in [3.63, 3.8) is 0 Å². The van der Waals surface area contributed by atoms with E-state index in [1.807, 2.05) is 26.0 Å². The molecule has 1 N–H and O–H groups in total. The molecule has 1 aromatic carbocycles. The van der Waals surface area contributed by atoms with Crippen LogP contribution >= 0.6 is 0 Å². The number of hydrogen-bond acceptors (Lipinski definition) is 2. The van der Waals surface area contributed by atoms with Gasteiger partial charge < -0.3 is 5.32 Å². The van der Waals surface area contributed by atoms with E-state index in [0.29, 0.717) is 11.7 Å². The van der Waals surface area contributed by atoms with Crippen LogP contribution in [0.1, 0.15) is 29.5 Å².